The van der Waals surface area contributed by atoms with Gasteiger partial charge < -0.3 is 15.0 Å². The number of carbonyl (C=O) groups is 1. The zero-order valence-corrected chi connectivity index (χ0v) is 13.2. The number of nitrogens with one attached hydrogen (secondary N) is 1. The highest BCUT2D eigenvalue weighted by molar-refractivity contribution is 7.80. The van der Waals surface area contributed by atoms with Crippen LogP contribution in [-0.2, 0) is 11.3 Å². The molecule has 0 saturated carbocycles. The number of rotatable bonds is 6. The average Bonchev–Trinajstić information content (AvgIpc) is 2.80. The Labute approximate surface area is 129 Å². The number of carbonyl (C=O) groups excluding carboxylic acids is 1. The van der Waals surface area contributed by atoms with Gasteiger partial charge in [-0.25, -0.2) is 4.98 Å². The van der Waals surface area contributed by atoms with Crippen molar-refractivity contribution in [3.8, 4) is 0 Å². The molecule has 1 amide bonds. The summed E-state index contributed by atoms with van der Waals surface area (Å²) in [7, 11) is 0. The minimum absolute atomic E-state index is 0.0917. The van der Waals surface area contributed by atoms with Gasteiger partial charge in [0, 0.05) is 13.0 Å². The van der Waals surface area contributed by atoms with Gasteiger partial charge in [-0.15, -0.1) is 0 Å². The number of thiol groups is 1. The normalized spacial score (nSPS) is 12.6. The van der Waals surface area contributed by atoms with Crippen LogP contribution in [0.2, 0.25) is 0 Å². The summed E-state index contributed by atoms with van der Waals surface area (Å²) in [6, 6.07) is 4.12. The van der Waals surface area contributed by atoms with Crippen LogP contribution in [0.1, 0.15) is 17.5 Å². The average molecular weight is 307 g/mol. The first-order valence-electron chi connectivity index (χ1n) is 6.99. The van der Waals surface area contributed by atoms with Gasteiger partial charge in [-0.1, -0.05) is 0 Å². The van der Waals surface area contributed by atoms with Crippen LogP contribution in [-0.4, -0.2) is 39.0 Å². The fourth-order valence-electron chi connectivity index (χ4n) is 2.17. The van der Waals surface area contributed by atoms with Crippen LogP contribution >= 0.6 is 12.6 Å². The van der Waals surface area contributed by atoms with Gasteiger partial charge in [0.1, 0.15) is 0 Å². The summed E-state index contributed by atoms with van der Waals surface area (Å²) in [6.07, 6.45) is 1.44. The molecule has 0 radical (unpaired) electrons. The van der Waals surface area contributed by atoms with Crippen molar-refractivity contribution < 1.29 is 9.90 Å². The maximum atomic E-state index is 11.4. The van der Waals surface area contributed by atoms with Gasteiger partial charge in [-0.2, -0.15) is 12.6 Å². The van der Waals surface area contributed by atoms with E-state index in [9.17, 15) is 9.90 Å². The molecule has 0 aliphatic rings. The molecule has 0 saturated heterocycles. The minimum Gasteiger partial charge on any atom is -0.389 e. The lowest BCUT2D eigenvalue weighted by Gasteiger charge is -2.13. The van der Waals surface area contributed by atoms with E-state index in [4.69, 9.17) is 0 Å². The lowest BCUT2D eigenvalue weighted by molar-refractivity contribution is -0.121. The molecule has 0 bridgehead atoms. The SMILES string of the molecule is Cc1cc2ncn(CC(O)CNC(=O)CCS)c2cc1C. The molecule has 5 nitrogen and oxygen atoms in total. The maximum Gasteiger partial charge on any atom is 0.220 e. The van der Waals surface area contributed by atoms with Crippen LogP contribution in [0, 0.1) is 13.8 Å². The number of aliphatic hydroxyl groups is 1. The van der Waals surface area contributed by atoms with Crippen LogP contribution in [0.5, 0.6) is 0 Å². The third-order valence-corrected chi connectivity index (χ3v) is 3.74. The van der Waals surface area contributed by atoms with E-state index in [0.717, 1.165) is 11.0 Å². The number of aliphatic hydroxyl groups excluding tert-OH is 1. The summed E-state index contributed by atoms with van der Waals surface area (Å²) in [5.41, 5.74) is 4.32. The summed E-state index contributed by atoms with van der Waals surface area (Å²) in [5.74, 6) is 0.415. The van der Waals surface area contributed by atoms with E-state index >= 15 is 0 Å². The third-order valence-electron chi connectivity index (χ3n) is 3.52. The van der Waals surface area contributed by atoms with E-state index in [2.05, 4.69) is 42.8 Å². The Morgan fingerprint density at radius 2 is 2.14 bits per heavy atom. The molecular weight excluding hydrogens is 286 g/mol. The third kappa shape index (κ3) is 3.98. The molecule has 0 fully saturated rings. The molecule has 0 aliphatic heterocycles. The second-order valence-corrected chi connectivity index (χ2v) is 5.70. The summed E-state index contributed by atoms with van der Waals surface area (Å²) in [6.45, 7) is 4.75. The number of aromatic nitrogens is 2. The fraction of sp³-hybridized carbons (Fsp3) is 0.467. The summed E-state index contributed by atoms with van der Waals surface area (Å²) < 4.78 is 1.91. The number of nitrogens with zero attached hydrogens (tertiary/aromatic N) is 2. The van der Waals surface area contributed by atoms with Crippen molar-refractivity contribution in [2.45, 2.75) is 32.9 Å². The summed E-state index contributed by atoms with van der Waals surface area (Å²) in [5, 5.41) is 12.7. The molecule has 0 aliphatic carbocycles. The van der Waals surface area contributed by atoms with Gasteiger partial charge in [-0.05, 0) is 42.9 Å². The number of hydrogen-bond acceptors (Lipinski definition) is 4. The number of fused-ring (bicyclic) bond motifs is 1. The molecule has 21 heavy (non-hydrogen) atoms. The first kappa shape index (κ1) is 15.9. The molecule has 2 N–H and O–H groups in total. The number of benzene rings is 1. The first-order valence-corrected chi connectivity index (χ1v) is 7.62. The van der Waals surface area contributed by atoms with Crippen LogP contribution in [0.25, 0.3) is 11.0 Å². The molecule has 1 aromatic carbocycles. The van der Waals surface area contributed by atoms with Gasteiger partial charge in [0.15, 0.2) is 0 Å². The number of amides is 1. The predicted molar refractivity (Wildman–Crippen MR) is 86.7 cm³/mol. The van der Waals surface area contributed by atoms with Gasteiger partial charge >= 0.3 is 0 Å². The quantitative estimate of drug-likeness (QED) is 0.708. The highest BCUT2D eigenvalue weighted by Gasteiger charge is 2.11. The van der Waals surface area contributed by atoms with Crippen LogP contribution in [0.15, 0.2) is 18.5 Å². The Bertz CT molecular complexity index is 639. The van der Waals surface area contributed by atoms with Crippen LogP contribution in [0.3, 0.4) is 0 Å². The molecule has 114 valence electrons. The molecule has 1 atom stereocenters. The van der Waals surface area contributed by atoms with E-state index in [-0.39, 0.29) is 12.5 Å². The van der Waals surface area contributed by atoms with Gasteiger partial charge in [0.2, 0.25) is 5.91 Å². The molecule has 1 unspecified atom stereocenters. The van der Waals surface area contributed by atoms with E-state index in [0.29, 0.717) is 18.7 Å². The van der Waals surface area contributed by atoms with Gasteiger partial charge in [0.05, 0.1) is 30.0 Å². The molecule has 1 heterocycles. The van der Waals surface area contributed by atoms with E-state index in [1.54, 1.807) is 6.33 Å². The number of aryl methyl sites for hydroxylation is 2. The second-order valence-electron chi connectivity index (χ2n) is 5.25. The minimum atomic E-state index is -0.645. The van der Waals surface area contributed by atoms with Gasteiger partial charge in [-0.3, -0.25) is 4.79 Å². The molecule has 0 spiro atoms. The molecular formula is C15H21N3O2S. The highest BCUT2D eigenvalue weighted by atomic mass is 32.1. The Hall–Kier alpha value is -1.53. The summed E-state index contributed by atoms with van der Waals surface area (Å²) >= 11 is 4.00. The van der Waals surface area contributed by atoms with Crippen molar-refractivity contribution in [1.29, 1.82) is 0 Å². The number of imidazole rings is 1. The van der Waals surface area contributed by atoms with Crippen molar-refractivity contribution in [1.82, 2.24) is 14.9 Å². The Balaban J connectivity index is 2.02. The monoisotopic (exact) mass is 307 g/mol. The zero-order valence-electron chi connectivity index (χ0n) is 12.3. The lowest BCUT2D eigenvalue weighted by Crippen LogP contribution is -2.34. The largest absolute Gasteiger partial charge is 0.389 e. The van der Waals surface area contributed by atoms with Crippen molar-refractivity contribution >= 4 is 29.6 Å². The second kappa shape index (κ2) is 6.95. The Morgan fingerprint density at radius 1 is 1.43 bits per heavy atom. The van der Waals surface area contributed by atoms with Crippen LogP contribution < -0.4 is 5.32 Å². The zero-order chi connectivity index (χ0) is 15.4. The lowest BCUT2D eigenvalue weighted by atomic mass is 10.1. The van der Waals surface area contributed by atoms with Gasteiger partial charge in [0.25, 0.3) is 0 Å². The predicted octanol–water partition coefficient (Wildman–Crippen LogP) is 1.45. The highest BCUT2D eigenvalue weighted by Crippen LogP contribution is 2.18. The maximum absolute atomic E-state index is 11.4. The number of hydrogen-bond donors (Lipinski definition) is 3. The van der Waals surface area contributed by atoms with E-state index < -0.39 is 6.10 Å². The topological polar surface area (TPSA) is 67.2 Å². The smallest absolute Gasteiger partial charge is 0.220 e. The van der Waals surface area contributed by atoms with Crippen molar-refractivity contribution in [3.05, 3.63) is 29.6 Å². The fourth-order valence-corrected chi connectivity index (χ4v) is 2.38. The van der Waals surface area contributed by atoms with Crippen molar-refractivity contribution in [2.75, 3.05) is 12.3 Å². The Kier molecular flexibility index (Phi) is 5.25. The standard InChI is InChI=1S/C15H21N3O2S/c1-10-5-13-14(6-11(10)2)18(9-17-13)8-12(19)7-16-15(20)3-4-21/h5-6,9,12,19,21H,3-4,7-8H2,1-2H3,(H,16,20). The van der Waals surface area contributed by atoms with Crippen LogP contribution in [0.4, 0.5) is 0 Å². The summed E-state index contributed by atoms with van der Waals surface area (Å²) in [4.78, 5) is 15.7. The molecule has 1 aromatic heterocycles. The van der Waals surface area contributed by atoms with E-state index in [1.165, 1.54) is 11.1 Å². The molecule has 2 rings (SSSR count). The van der Waals surface area contributed by atoms with Crippen molar-refractivity contribution in [2.24, 2.45) is 0 Å². The first-order chi connectivity index (χ1) is 10.0. The molecule has 2 aromatic rings. The van der Waals surface area contributed by atoms with E-state index in [1.807, 2.05) is 10.6 Å². The van der Waals surface area contributed by atoms with Crippen molar-refractivity contribution in [3.63, 3.8) is 0 Å². The molecule has 6 heteroatoms. The Morgan fingerprint density at radius 3 is 2.86 bits per heavy atom.